The number of nitrogens with zero attached hydrogens (tertiary/aromatic N) is 2. The van der Waals surface area contributed by atoms with Gasteiger partial charge in [0.25, 0.3) is 5.56 Å². The molecule has 6 nitrogen and oxygen atoms in total. The van der Waals surface area contributed by atoms with E-state index in [1.807, 2.05) is 36.4 Å². The van der Waals surface area contributed by atoms with Crippen LogP contribution in [0.1, 0.15) is 36.0 Å². The molecule has 2 heterocycles. The number of rotatable bonds is 9. The van der Waals surface area contributed by atoms with E-state index in [0.717, 1.165) is 28.2 Å². The van der Waals surface area contributed by atoms with Crippen molar-refractivity contribution in [2.24, 2.45) is 0 Å². The maximum absolute atomic E-state index is 13.9. The summed E-state index contributed by atoms with van der Waals surface area (Å²) in [6, 6.07) is 16.9. The van der Waals surface area contributed by atoms with Crippen LogP contribution in [0.3, 0.4) is 0 Å². The van der Waals surface area contributed by atoms with E-state index in [0.29, 0.717) is 34.5 Å². The van der Waals surface area contributed by atoms with Gasteiger partial charge in [-0.1, -0.05) is 43.1 Å². The number of aromatic nitrogens is 2. The SMILES string of the molecule is CCCCc1nc(O)c(Cc2ccc(-c3ccc(Cl)cc3)s2)c(=O)n1-c1c(OC)cccc1OC. The Balaban J connectivity index is 1.82. The van der Waals surface area contributed by atoms with Crippen LogP contribution < -0.4 is 15.0 Å². The van der Waals surface area contributed by atoms with Crippen LogP contribution in [0.4, 0.5) is 0 Å². The van der Waals surface area contributed by atoms with E-state index in [9.17, 15) is 9.90 Å². The summed E-state index contributed by atoms with van der Waals surface area (Å²) in [5.74, 6) is 1.20. The molecule has 0 aliphatic heterocycles. The van der Waals surface area contributed by atoms with Gasteiger partial charge in [0.2, 0.25) is 5.88 Å². The monoisotopic (exact) mass is 510 g/mol. The van der Waals surface area contributed by atoms with Crippen molar-refractivity contribution in [1.82, 2.24) is 9.55 Å². The molecule has 0 aliphatic rings. The van der Waals surface area contributed by atoms with Crippen molar-refractivity contribution in [3.05, 3.63) is 86.2 Å². The molecule has 0 atom stereocenters. The smallest absolute Gasteiger partial charge is 0.265 e. The molecule has 0 unspecified atom stereocenters. The summed E-state index contributed by atoms with van der Waals surface area (Å²) in [6.07, 6.45) is 2.52. The van der Waals surface area contributed by atoms with Gasteiger partial charge in [-0.15, -0.1) is 11.3 Å². The third-order valence-corrected chi connectivity index (χ3v) is 7.13. The molecule has 8 heteroatoms. The van der Waals surface area contributed by atoms with Crippen LogP contribution in [0.5, 0.6) is 17.4 Å². The molecule has 2 aromatic carbocycles. The molecule has 1 N–H and O–H groups in total. The molecule has 182 valence electrons. The first-order valence-electron chi connectivity index (χ1n) is 11.4. The first-order chi connectivity index (χ1) is 17.0. The van der Waals surface area contributed by atoms with Crippen molar-refractivity contribution in [3.8, 4) is 33.5 Å². The predicted molar refractivity (Wildman–Crippen MR) is 141 cm³/mol. The van der Waals surface area contributed by atoms with E-state index in [4.69, 9.17) is 21.1 Å². The number of aromatic hydroxyl groups is 1. The number of aryl methyl sites for hydroxylation is 1. The van der Waals surface area contributed by atoms with Crippen LogP contribution in [0.15, 0.2) is 59.4 Å². The van der Waals surface area contributed by atoms with Crippen molar-refractivity contribution in [2.45, 2.75) is 32.6 Å². The third kappa shape index (κ3) is 5.21. The standard InChI is InChI=1S/C27H27ClN2O4S/c1-4-5-9-24-29-26(31)20(16-19-14-15-23(35-19)17-10-12-18(28)13-11-17)27(32)30(24)25-21(33-2)7-6-8-22(25)34-3/h6-8,10-15,31H,4-5,9,16H2,1-3H3. The number of hydrogen-bond acceptors (Lipinski definition) is 6. The molecule has 0 radical (unpaired) electrons. The lowest BCUT2D eigenvalue weighted by molar-refractivity contribution is 0.387. The van der Waals surface area contributed by atoms with Crippen molar-refractivity contribution >= 4 is 22.9 Å². The highest BCUT2D eigenvalue weighted by Gasteiger charge is 2.23. The Morgan fingerprint density at radius 3 is 2.34 bits per heavy atom. The summed E-state index contributed by atoms with van der Waals surface area (Å²) in [4.78, 5) is 20.3. The molecule has 0 aliphatic carbocycles. The Labute approximate surface area is 213 Å². The summed E-state index contributed by atoms with van der Waals surface area (Å²) in [5, 5.41) is 11.5. The molecule has 0 amide bonds. The average molecular weight is 511 g/mol. The zero-order chi connectivity index (χ0) is 24.9. The number of methoxy groups -OCH3 is 2. The minimum Gasteiger partial charge on any atom is -0.494 e. The molecule has 0 saturated carbocycles. The molecule has 0 saturated heterocycles. The highest BCUT2D eigenvalue weighted by Crippen LogP contribution is 2.34. The second-order valence-electron chi connectivity index (χ2n) is 8.04. The molecule has 0 fully saturated rings. The minimum atomic E-state index is -0.340. The number of thiophene rings is 1. The molecular weight excluding hydrogens is 484 g/mol. The number of halogens is 1. The van der Waals surface area contributed by atoms with Gasteiger partial charge in [-0.2, -0.15) is 4.98 Å². The minimum absolute atomic E-state index is 0.225. The maximum atomic E-state index is 13.9. The number of hydrogen-bond donors (Lipinski definition) is 1. The van der Waals surface area contributed by atoms with Crippen LogP contribution in [0, 0.1) is 0 Å². The first-order valence-corrected chi connectivity index (χ1v) is 12.6. The quantitative estimate of drug-likeness (QED) is 0.287. The fourth-order valence-electron chi connectivity index (χ4n) is 3.94. The lowest BCUT2D eigenvalue weighted by Crippen LogP contribution is -2.28. The number of benzene rings is 2. The normalized spacial score (nSPS) is 11.0. The third-order valence-electron chi connectivity index (χ3n) is 5.74. The Bertz CT molecular complexity index is 1360. The lowest BCUT2D eigenvalue weighted by Gasteiger charge is -2.19. The van der Waals surface area contributed by atoms with E-state index < -0.39 is 0 Å². The fraction of sp³-hybridized carbons (Fsp3) is 0.259. The van der Waals surface area contributed by atoms with Crippen molar-refractivity contribution in [2.75, 3.05) is 14.2 Å². The molecular formula is C27H27ClN2O4S. The molecule has 4 rings (SSSR count). The lowest BCUT2D eigenvalue weighted by atomic mass is 10.1. The Hall–Kier alpha value is -3.29. The highest BCUT2D eigenvalue weighted by atomic mass is 35.5. The van der Waals surface area contributed by atoms with Gasteiger partial charge in [-0.05, 0) is 48.4 Å². The Morgan fingerprint density at radius 2 is 1.71 bits per heavy atom. The Morgan fingerprint density at radius 1 is 1.03 bits per heavy atom. The summed E-state index contributed by atoms with van der Waals surface area (Å²) in [5.41, 5.74) is 1.41. The molecule has 0 spiro atoms. The van der Waals surface area contributed by atoms with Gasteiger partial charge < -0.3 is 14.6 Å². The van der Waals surface area contributed by atoms with Crippen LogP contribution in [-0.2, 0) is 12.8 Å². The van der Waals surface area contributed by atoms with Gasteiger partial charge in [-0.25, -0.2) is 0 Å². The van der Waals surface area contributed by atoms with Crippen molar-refractivity contribution in [3.63, 3.8) is 0 Å². The van der Waals surface area contributed by atoms with Crippen LogP contribution in [0.2, 0.25) is 5.02 Å². The molecule has 4 aromatic rings. The number of ether oxygens (including phenoxy) is 2. The summed E-state index contributed by atoms with van der Waals surface area (Å²) >= 11 is 7.57. The van der Waals surface area contributed by atoms with E-state index in [-0.39, 0.29) is 23.4 Å². The van der Waals surface area contributed by atoms with Crippen LogP contribution >= 0.6 is 22.9 Å². The second-order valence-corrected chi connectivity index (χ2v) is 9.64. The van der Waals surface area contributed by atoms with Crippen LogP contribution in [-0.4, -0.2) is 28.9 Å². The van der Waals surface area contributed by atoms with E-state index in [1.54, 1.807) is 43.8 Å². The van der Waals surface area contributed by atoms with Gasteiger partial charge in [0, 0.05) is 27.6 Å². The topological polar surface area (TPSA) is 73.6 Å². The van der Waals surface area contributed by atoms with Gasteiger partial charge >= 0.3 is 0 Å². The maximum Gasteiger partial charge on any atom is 0.265 e. The highest BCUT2D eigenvalue weighted by molar-refractivity contribution is 7.15. The zero-order valence-corrected chi connectivity index (χ0v) is 21.4. The van der Waals surface area contributed by atoms with Crippen molar-refractivity contribution in [1.29, 1.82) is 0 Å². The first kappa shape index (κ1) is 24.8. The summed E-state index contributed by atoms with van der Waals surface area (Å²) in [6.45, 7) is 2.06. The van der Waals surface area contributed by atoms with Crippen LogP contribution in [0.25, 0.3) is 16.1 Å². The van der Waals surface area contributed by atoms with E-state index >= 15 is 0 Å². The van der Waals surface area contributed by atoms with Gasteiger partial charge in [0.05, 0.1) is 19.8 Å². The Kier molecular flexibility index (Phi) is 7.78. The van der Waals surface area contributed by atoms with Crippen molar-refractivity contribution < 1.29 is 14.6 Å². The second kappa shape index (κ2) is 11.0. The van der Waals surface area contributed by atoms with Gasteiger partial charge in [0.1, 0.15) is 23.0 Å². The van der Waals surface area contributed by atoms with Gasteiger partial charge in [-0.3, -0.25) is 9.36 Å². The number of unbranched alkanes of at least 4 members (excludes halogenated alkanes) is 1. The average Bonchev–Trinajstić information content (AvgIpc) is 3.34. The van der Waals surface area contributed by atoms with Gasteiger partial charge in [0.15, 0.2) is 0 Å². The summed E-state index contributed by atoms with van der Waals surface area (Å²) < 4.78 is 12.7. The molecule has 2 aromatic heterocycles. The molecule has 0 bridgehead atoms. The number of para-hydroxylation sites is 1. The summed E-state index contributed by atoms with van der Waals surface area (Å²) in [7, 11) is 3.10. The molecule has 35 heavy (non-hydrogen) atoms. The zero-order valence-electron chi connectivity index (χ0n) is 19.9. The van der Waals surface area contributed by atoms with E-state index in [2.05, 4.69) is 11.9 Å². The predicted octanol–water partition coefficient (Wildman–Crippen LogP) is 6.27. The fourth-order valence-corrected chi connectivity index (χ4v) is 5.09. The largest absolute Gasteiger partial charge is 0.494 e. The van der Waals surface area contributed by atoms with E-state index in [1.165, 1.54) is 4.57 Å².